The Morgan fingerprint density at radius 3 is 2.96 bits per heavy atom. The first-order chi connectivity index (χ1) is 13.1. The molecule has 2 aromatic carbocycles. The minimum absolute atomic E-state index is 0.0154. The number of hydrogen-bond acceptors (Lipinski definition) is 5. The predicted octanol–water partition coefficient (Wildman–Crippen LogP) is 5.15. The second-order valence-corrected chi connectivity index (χ2v) is 8.64. The molecule has 4 rings (SSSR count). The number of benzene rings is 2. The van der Waals surface area contributed by atoms with Crippen molar-refractivity contribution in [1.29, 1.82) is 0 Å². The van der Waals surface area contributed by atoms with Crippen molar-refractivity contribution in [3.8, 4) is 0 Å². The zero-order chi connectivity index (χ0) is 18.8. The maximum atomic E-state index is 13.3. The van der Waals surface area contributed by atoms with Crippen LogP contribution >= 0.6 is 23.1 Å². The van der Waals surface area contributed by atoms with Gasteiger partial charge in [0.05, 0.1) is 22.9 Å². The van der Waals surface area contributed by atoms with Crippen molar-refractivity contribution in [1.82, 2.24) is 4.98 Å². The Morgan fingerprint density at radius 1 is 1.33 bits per heavy atom. The summed E-state index contributed by atoms with van der Waals surface area (Å²) in [5, 5.41) is 0.741. The molecule has 1 aliphatic rings. The van der Waals surface area contributed by atoms with Gasteiger partial charge in [0.25, 0.3) is 5.91 Å². The second-order valence-electron chi connectivity index (χ2n) is 6.75. The van der Waals surface area contributed by atoms with Crippen LogP contribution in [0, 0.1) is 6.92 Å². The first kappa shape index (κ1) is 18.5. The van der Waals surface area contributed by atoms with Gasteiger partial charge in [0, 0.05) is 17.1 Å². The van der Waals surface area contributed by atoms with Gasteiger partial charge >= 0.3 is 0 Å². The number of amides is 1. The van der Waals surface area contributed by atoms with Crippen LogP contribution in [0.25, 0.3) is 10.2 Å². The van der Waals surface area contributed by atoms with Crippen molar-refractivity contribution in [3.63, 3.8) is 0 Å². The fourth-order valence-corrected chi connectivity index (χ4v) is 4.84. The third kappa shape index (κ3) is 4.03. The maximum Gasteiger partial charge on any atom is 0.260 e. The van der Waals surface area contributed by atoms with Crippen molar-refractivity contribution in [2.45, 2.75) is 30.8 Å². The van der Waals surface area contributed by atoms with Gasteiger partial charge in [-0.05, 0) is 56.4 Å². The van der Waals surface area contributed by atoms with Crippen LogP contribution in [-0.2, 0) is 4.74 Å². The Balaban J connectivity index is 1.71. The molecule has 1 amide bonds. The number of anilines is 1. The van der Waals surface area contributed by atoms with Gasteiger partial charge < -0.3 is 4.74 Å². The van der Waals surface area contributed by atoms with Crippen LogP contribution in [0.15, 0.2) is 47.4 Å². The van der Waals surface area contributed by atoms with Gasteiger partial charge in [-0.2, -0.15) is 0 Å². The number of aromatic nitrogens is 1. The van der Waals surface area contributed by atoms with Gasteiger partial charge in [-0.15, -0.1) is 11.8 Å². The summed E-state index contributed by atoms with van der Waals surface area (Å²) in [5.74, 6) is -0.0154. The zero-order valence-corrected chi connectivity index (χ0v) is 17.1. The number of thiazole rings is 1. The highest BCUT2D eigenvalue weighted by Gasteiger charge is 2.27. The highest BCUT2D eigenvalue weighted by atomic mass is 32.2. The first-order valence-corrected chi connectivity index (χ1v) is 11.1. The topological polar surface area (TPSA) is 42.4 Å². The quantitative estimate of drug-likeness (QED) is 0.557. The SMILES string of the molecule is CSc1ccc2nc(N(CC3CCCO3)C(=O)c3cccc(C)c3)sc2c1. The number of aryl methyl sites for hydroxylation is 1. The minimum atomic E-state index is -0.0154. The summed E-state index contributed by atoms with van der Waals surface area (Å²) < 4.78 is 6.91. The summed E-state index contributed by atoms with van der Waals surface area (Å²) in [5.41, 5.74) is 2.70. The summed E-state index contributed by atoms with van der Waals surface area (Å²) in [6.45, 7) is 3.32. The molecule has 0 saturated carbocycles. The molecule has 0 spiro atoms. The lowest BCUT2D eigenvalue weighted by molar-refractivity contribution is 0.0917. The van der Waals surface area contributed by atoms with E-state index < -0.39 is 0 Å². The average molecular weight is 399 g/mol. The molecule has 0 N–H and O–H groups in total. The predicted molar refractivity (Wildman–Crippen MR) is 113 cm³/mol. The summed E-state index contributed by atoms with van der Waals surface area (Å²) in [4.78, 5) is 21.1. The molecular formula is C21H22N2O2S2. The largest absolute Gasteiger partial charge is 0.376 e. The molecule has 6 heteroatoms. The number of hydrogen-bond donors (Lipinski definition) is 0. The minimum Gasteiger partial charge on any atom is -0.376 e. The highest BCUT2D eigenvalue weighted by molar-refractivity contribution is 7.98. The summed E-state index contributed by atoms with van der Waals surface area (Å²) in [6, 6.07) is 14.0. The fourth-order valence-electron chi connectivity index (χ4n) is 3.31. The lowest BCUT2D eigenvalue weighted by Crippen LogP contribution is -2.37. The zero-order valence-electron chi connectivity index (χ0n) is 15.5. The Kier molecular flexibility index (Phi) is 5.48. The lowest BCUT2D eigenvalue weighted by Gasteiger charge is -2.23. The monoisotopic (exact) mass is 398 g/mol. The maximum absolute atomic E-state index is 13.3. The van der Waals surface area contributed by atoms with Crippen molar-refractivity contribution in [2.75, 3.05) is 24.3 Å². The van der Waals surface area contributed by atoms with Crippen LogP contribution in [-0.4, -0.2) is 36.4 Å². The van der Waals surface area contributed by atoms with E-state index in [-0.39, 0.29) is 12.0 Å². The summed E-state index contributed by atoms with van der Waals surface area (Å²) in [6.07, 6.45) is 4.17. The molecule has 140 valence electrons. The Labute approximate surface area is 167 Å². The number of fused-ring (bicyclic) bond motifs is 1. The Hall–Kier alpha value is -1.89. The van der Waals surface area contributed by atoms with E-state index in [1.807, 2.05) is 37.3 Å². The summed E-state index contributed by atoms with van der Waals surface area (Å²) in [7, 11) is 0. The van der Waals surface area contributed by atoms with E-state index in [0.29, 0.717) is 12.1 Å². The van der Waals surface area contributed by atoms with Gasteiger partial charge in [-0.25, -0.2) is 4.98 Å². The van der Waals surface area contributed by atoms with Crippen LogP contribution in [0.3, 0.4) is 0 Å². The molecule has 0 radical (unpaired) electrons. The van der Waals surface area contributed by atoms with Gasteiger partial charge in [-0.1, -0.05) is 29.0 Å². The third-order valence-corrected chi connectivity index (χ3v) is 6.50. The molecule has 2 heterocycles. The van der Waals surface area contributed by atoms with Crippen LogP contribution in [0.2, 0.25) is 0 Å². The van der Waals surface area contributed by atoms with E-state index in [0.717, 1.165) is 40.4 Å². The Bertz CT molecular complexity index is 964. The van der Waals surface area contributed by atoms with E-state index in [2.05, 4.69) is 18.4 Å². The molecule has 1 aromatic heterocycles. The smallest absolute Gasteiger partial charge is 0.260 e. The van der Waals surface area contributed by atoms with E-state index in [1.54, 1.807) is 28.0 Å². The number of nitrogens with zero attached hydrogens (tertiary/aromatic N) is 2. The van der Waals surface area contributed by atoms with Crippen LogP contribution in [0.1, 0.15) is 28.8 Å². The molecule has 1 aliphatic heterocycles. The van der Waals surface area contributed by atoms with E-state index in [1.165, 1.54) is 4.90 Å². The molecule has 27 heavy (non-hydrogen) atoms. The Morgan fingerprint density at radius 2 is 2.22 bits per heavy atom. The molecule has 1 atom stereocenters. The van der Waals surface area contributed by atoms with Crippen molar-refractivity contribution < 1.29 is 9.53 Å². The normalized spacial score (nSPS) is 16.7. The molecular weight excluding hydrogens is 376 g/mol. The standard InChI is InChI=1S/C21H22N2O2S2/c1-14-5-3-6-15(11-14)20(24)23(13-16-7-4-10-25-16)21-22-18-9-8-17(26-2)12-19(18)27-21/h3,5-6,8-9,11-12,16H,4,7,10,13H2,1-2H3. The molecule has 1 fully saturated rings. The molecule has 4 nitrogen and oxygen atoms in total. The molecule has 1 saturated heterocycles. The van der Waals surface area contributed by atoms with Crippen molar-refractivity contribution in [3.05, 3.63) is 53.6 Å². The van der Waals surface area contributed by atoms with Crippen LogP contribution in [0.4, 0.5) is 5.13 Å². The highest BCUT2D eigenvalue weighted by Crippen LogP contribution is 2.33. The third-order valence-electron chi connectivity index (χ3n) is 4.74. The van der Waals surface area contributed by atoms with Gasteiger partial charge in [-0.3, -0.25) is 9.69 Å². The first-order valence-electron chi connectivity index (χ1n) is 9.09. The van der Waals surface area contributed by atoms with E-state index >= 15 is 0 Å². The number of carbonyl (C=O) groups excluding carboxylic acids is 1. The fraction of sp³-hybridized carbons (Fsp3) is 0.333. The number of ether oxygens (including phenoxy) is 1. The molecule has 0 bridgehead atoms. The number of rotatable bonds is 5. The van der Waals surface area contributed by atoms with Crippen molar-refractivity contribution in [2.24, 2.45) is 0 Å². The summed E-state index contributed by atoms with van der Waals surface area (Å²) >= 11 is 3.28. The molecule has 3 aromatic rings. The van der Waals surface area contributed by atoms with Crippen LogP contribution < -0.4 is 4.90 Å². The number of thioether (sulfide) groups is 1. The van der Waals surface area contributed by atoms with Gasteiger partial charge in [0.2, 0.25) is 0 Å². The van der Waals surface area contributed by atoms with E-state index in [4.69, 9.17) is 9.72 Å². The molecule has 0 aliphatic carbocycles. The second kappa shape index (κ2) is 8.00. The van der Waals surface area contributed by atoms with E-state index in [9.17, 15) is 4.79 Å². The van der Waals surface area contributed by atoms with Gasteiger partial charge in [0.15, 0.2) is 5.13 Å². The number of carbonyl (C=O) groups is 1. The van der Waals surface area contributed by atoms with Crippen molar-refractivity contribution >= 4 is 44.4 Å². The van der Waals surface area contributed by atoms with Gasteiger partial charge in [0.1, 0.15) is 0 Å². The lowest BCUT2D eigenvalue weighted by atomic mass is 10.1. The van der Waals surface area contributed by atoms with Crippen LogP contribution in [0.5, 0.6) is 0 Å². The molecule has 1 unspecified atom stereocenters. The average Bonchev–Trinajstić information content (AvgIpc) is 3.34.